The van der Waals surface area contributed by atoms with E-state index in [1.54, 1.807) is 49.6 Å². The lowest BCUT2D eigenvalue weighted by Crippen LogP contribution is -2.43. The van der Waals surface area contributed by atoms with E-state index in [-0.39, 0.29) is 23.9 Å². The number of halogens is 3. The maximum Gasteiger partial charge on any atom is 0.387 e. The second-order valence-electron chi connectivity index (χ2n) is 6.88. The Labute approximate surface area is 199 Å². The molecule has 12 heteroatoms. The molecule has 3 N–H and O–H groups in total. The highest BCUT2D eigenvalue weighted by atomic mass is 35.5. The van der Waals surface area contributed by atoms with E-state index in [0.29, 0.717) is 10.7 Å². The first kappa shape index (κ1) is 24.9. The van der Waals surface area contributed by atoms with Gasteiger partial charge in [-0.15, -0.1) is 0 Å². The molecule has 0 saturated carbocycles. The van der Waals surface area contributed by atoms with E-state index in [9.17, 15) is 23.9 Å². The molecule has 2 aromatic rings. The van der Waals surface area contributed by atoms with Crippen LogP contribution in [-0.4, -0.2) is 46.6 Å². The van der Waals surface area contributed by atoms with Gasteiger partial charge in [-0.3, -0.25) is 10.1 Å². The molecule has 1 aliphatic rings. The van der Waals surface area contributed by atoms with E-state index < -0.39 is 25.2 Å². The lowest BCUT2D eigenvalue weighted by molar-refractivity contribution is -0.132. The van der Waals surface area contributed by atoms with Crippen LogP contribution in [0.4, 0.5) is 14.5 Å². The van der Waals surface area contributed by atoms with Gasteiger partial charge in [-0.05, 0) is 36.8 Å². The molecule has 0 bridgehead atoms. The molecule has 0 aromatic heterocycles. The number of ether oxygens (including phenoxy) is 1. The minimum Gasteiger partial charge on any atom is -0.435 e. The molecular weight excluding hydrogens is 470 g/mol. The van der Waals surface area contributed by atoms with E-state index in [1.807, 2.05) is 0 Å². The number of rotatable bonds is 7. The number of likely N-dealkylation sites (N-methyl/N-ethyl adjacent to an activating group) is 1. The van der Waals surface area contributed by atoms with Crippen molar-refractivity contribution in [3.05, 3.63) is 71.0 Å². The SMILES string of the molecule is CCN(C(=O)CO)C1=CN(C(=Nc2cccc(OC(F)F)c2)NC#N)NC1c1ccc(Cl)cc1. The number of hydrogen-bond donors (Lipinski definition) is 3. The Bertz CT molecular complexity index is 1120. The summed E-state index contributed by atoms with van der Waals surface area (Å²) in [6.07, 6.45) is 3.34. The molecule has 1 unspecified atom stereocenters. The summed E-state index contributed by atoms with van der Waals surface area (Å²) in [4.78, 5) is 18.1. The Hall–Kier alpha value is -3.72. The van der Waals surface area contributed by atoms with Crippen molar-refractivity contribution in [1.29, 1.82) is 5.26 Å². The lowest BCUT2D eigenvalue weighted by Gasteiger charge is -2.26. The van der Waals surface area contributed by atoms with E-state index >= 15 is 0 Å². The first-order valence-corrected chi connectivity index (χ1v) is 10.5. The number of alkyl halides is 2. The molecule has 1 heterocycles. The molecule has 0 spiro atoms. The number of hydrazine groups is 1. The molecule has 3 rings (SSSR count). The van der Waals surface area contributed by atoms with Gasteiger partial charge in [0, 0.05) is 23.8 Å². The fourth-order valence-electron chi connectivity index (χ4n) is 3.33. The number of benzene rings is 2. The first-order chi connectivity index (χ1) is 16.4. The lowest BCUT2D eigenvalue weighted by atomic mass is 10.0. The predicted octanol–water partition coefficient (Wildman–Crippen LogP) is 3.24. The minimum atomic E-state index is -2.99. The first-order valence-electron chi connectivity index (χ1n) is 10.1. The topological polar surface area (TPSA) is 113 Å². The Morgan fingerprint density at radius 2 is 2.12 bits per heavy atom. The zero-order valence-corrected chi connectivity index (χ0v) is 18.7. The monoisotopic (exact) mass is 490 g/mol. The van der Waals surface area contributed by atoms with Crippen molar-refractivity contribution in [2.75, 3.05) is 13.2 Å². The third kappa shape index (κ3) is 5.99. The van der Waals surface area contributed by atoms with Gasteiger partial charge in [-0.2, -0.15) is 14.0 Å². The molecule has 0 saturated heterocycles. The number of guanidine groups is 1. The summed E-state index contributed by atoms with van der Waals surface area (Å²) in [5.74, 6) is -0.596. The highest BCUT2D eigenvalue weighted by Gasteiger charge is 2.33. The molecule has 0 fully saturated rings. The fraction of sp³-hybridized carbons (Fsp3) is 0.227. The number of aliphatic imine (C=N–C) groups is 1. The zero-order valence-electron chi connectivity index (χ0n) is 18.0. The number of nitriles is 1. The molecule has 9 nitrogen and oxygen atoms in total. The van der Waals surface area contributed by atoms with Crippen molar-refractivity contribution in [2.24, 2.45) is 4.99 Å². The smallest absolute Gasteiger partial charge is 0.387 e. The van der Waals surface area contributed by atoms with Crippen molar-refractivity contribution in [3.63, 3.8) is 0 Å². The highest BCUT2D eigenvalue weighted by Crippen LogP contribution is 2.31. The van der Waals surface area contributed by atoms with Gasteiger partial charge in [0.15, 0.2) is 6.19 Å². The van der Waals surface area contributed by atoms with Crippen LogP contribution >= 0.6 is 11.6 Å². The van der Waals surface area contributed by atoms with Crippen molar-refractivity contribution >= 4 is 29.2 Å². The van der Waals surface area contributed by atoms with Crippen LogP contribution in [0, 0.1) is 11.5 Å². The van der Waals surface area contributed by atoms with Crippen LogP contribution in [0.3, 0.4) is 0 Å². The van der Waals surface area contributed by atoms with Gasteiger partial charge in [0.2, 0.25) is 5.96 Å². The van der Waals surface area contributed by atoms with Gasteiger partial charge in [0.1, 0.15) is 12.4 Å². The predicted molar refractivity (Wildman–Crippen MR) is 121 cm³/mol. The minimum absolute atomic E-state index is 0.0122. The number of nitrogens with zero attached hydrogens (tertiary/aromatic N) is 4. The molecule has 1 aliphatic heterocycles. The fourth-order valence-corrected chi connectivity index (χ4v) is 3.46. The van der Waals surface area contributed by atoms with E-state index in [0.717, 1.165) is 5.56 Å². The molecular formula is C22H21ClF2N6O3. The normalized spacial score (nSPS) is 15.7. The standard InChI is InChI=1S/C22H21ClF2N6O3/c1-2-30(19(33)12-32)18-11-31(29-20(18)14-6-8-15(23)9-7-14)22(27-13-26)28-16-4-3-5-17(10-16)34-21(24)25/h3-11,20-21,29,32H,2,12H2,1H3,(H,27,28). The van der Waals surface area contributed by atoms with Gasteiger partial charge in [-0.1, -0.05) is 29.8 Å². The van der Waals surface area contributed by atoms with Crippen molar-refractivity contribution < 1.29 is 23.4 Å². The van der Waals surface area contributed by atoms with Gasteiger partial charge < -0.3 is 14.7 Å². The van der Waals surface area contributed by atoms with Gasteiger partial charge in [-0.25, -0.2) is 15.4 Å². The summed E-state index contributed by atoms with van der Waals surface area (Å²) in [5.41, 5.74) is 4.63. The van der Waals surface area contributed by atoms with E-state index in [1.165, 1.54) is 28.1 Å². The molecule has 1 atom stereocenters. The Morgan fingerprint density at radius 1 is 1.38 bits per heavy atom. The van der Waals surface area contributed by atoms with Gasteiger partial charge in [0.25, 0.3) is 5.91 Å². The summed E-state index contributed by atoms with van der Waals surface area (Å²) in [5, 5.41) is 23.0. The van der Waals surface area contributed by atoms with Crippen LogP contribution < -0.4 is 15.5 Å². The summed E-state index contributed by atoms with van der Waals surface area (Å²) < 4.78 is 29.5. The summed E-state index contributed by atoms with van der Waals surface area (Å²) in [6.45, 7) is -1.65. The number of amides is 1. The number of carbonyl (C=O) groups is 1. The number of aliphatic hydroxyl groups is 1. The summed E-state index contributed by atoms with van der Waals surface area (Å²) in [7, 11) is 0. The summed E-state index contributed by atoms with van der Waals surface area (Å²) in [6, 6.07) is 12.0. The molecule has 2 aromatic carbocycles. The maximum atomic E-state index is 12.6. The average molecular weight is 491 g/mol. The number of aliphatic hydroxyl groups excluding tert-OH is 1. The third-order valence-corrected chi connectivity index (χ3v) is 5.02. The Balaban J connectivity index is 2.01. The van der Waals surface area contributed by atoms with Crippen LogP contribution in [0.1, 0.15) is 18.5 Å². The van der Waals surface area contributed by atoms with Crippen LogP contribution in [0.2, 0.25) is 5.02 Å². The maximum absolute atomic E-state index is 12.6. The van der Waals surface area contributed by atoms with E-state index in [2.05, 4.69) is 20.5 Å². The van der Waals surface area contributed by atoms with Crippen molar-refractivity contribution in [1.82, 2.24) is 20.7 Å². The van der Waals surface area contributed by atoms with Gasteiger partial charge in [0.05, 0.1) is 17.4 Å². The van der Waals surface area contributed by atoms with Crippen molar-refractivity contribution in [2.45, 2.75) is 19.6 Å². The van der Waals surface area contributed by atoms with Crippen LogP contribution in [0.25, 0.3) is 0 Å². The molecule has 178 valence electrons. The van der Waals surface area contributed by atoms with Crippen LogP contribution in [-0.2, 0) is 4.79 Å². The number of nitrogens with one attached hydrogen (secondary N) is 2. The number of hydrogen-bond acceptors (Lipinski definition) is 6. The number of carbonyl (C=O) groups excluding carboxylic acids is 1. The quantitative estimate of drug-likeness (QED) is 0.236. The van der Waals surface area contributed by atoms with Gasteiger partial charge >= 0.3 is 6.61 Å². The second kappa shape index (κ2) is 11.4. The Kier molecular flexibility index (Phi) is 8.37. The van der Waals surface area contributed by atoms with Crippen LogP contribution in [0.15, 0.2) is 65.4 Å². The highest BCUT2D eigenvalue weighted by molar-refractivity contribution is 6.30. The molecule has 0 radical (unpaired) electrons. The van der Waals surface area contributed by atoms with Crippen LogP contribution in [0.5, 0.6) is 5.75 Å². The third-order valence-electron chi connectivity index (χ3n) is 4.77. The Morgan fingerprint density at radius 3 is 2.74 bits per heavy atom. The largest absolute Gasteiger partial charge is 0.435 e. The zero-order chi connectivity index (χ0) is 24.7. The summed E-state index contributed by atoms with van der Waals surface area (Å²) >= 11 is 6.01. The molecule has 34 heavy (non-hydrogen) atoms. The average Bonchev–Trinajstić information content (AvgIpc) is 3.24. The molecule has 1 amide bonds. The van der Waals surface area contributed by atoms with Crippen molar-refractivity contribution in [3.8, 4) is 11.9 Å². The van der Waals surface area contributed by atoms with E-state index in [4.69, 9.17) is 11.6 Å². The molecule has 0 aliphatic carbocycles. The second-order valence-corrected chi connectivity index (χ2v) is 7.32.